The molecule has 0 fully saturated rings. The Kier molecular flexibility index (Phi) is 24.5. The Balaban J connectivity index is 0. The lowest BCUT2D eigenvalue weighted by Crippen LogP contribution is -2.13. The maximum Gasteiger partial charge on any atom is 0.0104 e. The van der Waals surface area contributed by atoms with E-state index in [-0.39, 0.29) is 0 Å². The van der Waals surface area contributed by atoms with Crippen LogP contribution in [0.15, 0.2) is 12.7 Å². The van der Waals surface area contributed by atoms with Gasteiger partial charge in [0.1, 0.15) is 0 Å². The molecule has 0 bridgehead atoms. The van der Waals surface area contributed by atoms with Crippen LogP contribution in [-0.4, -0.2) is 13.6 Å². The zero-order valence-corrected chi connectivity index (χ0v) is 4.65. The molecule has 0 aromatic carbocycles. The number of hydrogen-bond donors (Lipinski definition) is 3. The van der Waals surface area contributed by atoms with Crippen LogP contribution in [0.1, 0.15) is 0 Å². The van der Waals surface area contributed by atoms with Crippen LogP contribution in [-0.2, 0) is 0 Å². The average Bonchev–Trinajstić information content (AvgIpc) is 1.69. The van der Waals surface area contributed by atoms with Crippen LogP contribution in [0.5, 0.6) is 0 Å². The van der Waals surface area contributed by atoms with E-state index in [1.807, 2.05) is 0 Å². The predicted octanol–water partition coefficient (Wildman–Crippen LogP) is -0.789. The van der Waals surface area contributed by atoms with Gasteiger partial charge < -0.3 is 5.73 Å². The summed E-state index contributed by atoms with van der Waals surface area (Å²) in [6.45, 7) is 3.94. The standard InChI is InChI=1S/C3H7N.CH6N2/c1-2-3-4;1-3-2/h2H,1,3-4H2;3H,2H2,1H3. The molecule has 5 N–H and O–H groups in total. The maximum absolute atomic E-state index is 4.91. The molecule has 44 valence electrons. The van der Waals surface area contributed by atoms with E-state index in [1.165, 1.54) is 0 Å². The molecule has 0 aliphatic carbocycles. The van der Waals surface area contributed by atoms with Gasteiger partial charge in [-0.2, -0.15) is 0 Å². The second kappa shape index (κ2) is 17.5. The van der Waals surface area contributed by atoms with Crippen molar-refractivity contribution >= 4 is 0 Å². The Morgan fingerprint density at radius 1 is 1.86 bits per heavy atom. The summed E-state index contributed by atoms with van der Waals surface area (Å²) in [5.74, 6) is 4.60. The van der Waals surface area contributed by atoms with Gasteiger partial charge in [-0.3, -0.25) is 11.3 Å². The van der Waals surface area contributed by atoms with E-state index in [2.05, 4.69) is 17.8 Å². The molecule has 0 radical (unpaired) electrons. The third-order valence-corrected chi connectivity index (χ3v) is 0.167. The molecule has 0 aromatic heterocycles. The van der Waals surface area contributed by atoms with Crippen molar-refractivity contribution in [3.63, 3.8) is 0 Å². The second-order valence-corrected chi connectivity index (χ2v) is 0.813. The summed E-state index contributed by atoms with van der Waals surface area (Å²) in [4.78, 5) is 0. The Bertz CT molecular complexity index is 28.1. The third kappa shape index (κ3) is 192. The minimum Gasteiger partial charge on any atom is -0.327 e. The minimum absolute atomic E-state index is 0.583. The Hall–Kier alpha value is -0.380. The van der Waals surface area contributed by atoms with Crippen LogP contribution in [0.25, 0.3) is 0 Å². The molecule has 0 unspecified atom stereocenters. The summed E-state index contributed by atoms with van der Waals surface area (Å²) in [5, 5.41) is 0. The van der Waals surface area contributed by atoms with E-state index in [1.54, 1.807) is 13.1 Å². The molecule has 0 spiro atoms. The highest BCUT2D eigenvalue weighted by atomic mass is 15.2. The Labute approximate surface area is 44.4 Å². The first-order chi connectivity index (χ1) is 3.33. The first-order valence-corrected chi connectivity index (χ1v) is 2.01. The fourth-order valence-corrected chi connectivity index (χ4v) is 0. The lowest BCUT2D eigenvalue weighted by atomic mass is 10.7. The van der Waals surface area contributed by atoms with Crippen LogP contribution in [0.2, 0.25) is 0 Å². The van der Waals surface area contributed by atoms with Gasteiger partial charge in [0.15, 0.2) is 0 Å². The van der Waals surface area contributed by atoms with Gasteiger partial charge in [-0.25, -0.2) is 0 Å². The zero-order valence-electron chi connectivity index (χ0n) is 4.65. The molecule has 0 rings (SSSR count). The first-order valence-electron chi connectivity index (χ1n) is 2.01. The molecule has 0 heterocycles. The van der Waals surface area contributed by atoms with Crippen molar-refractivity contribution in [1.29, 1.82) is 0 Å². The average molecular weight is 103 g/mol. The smallest absolute Gasteiger partial charge is 0.0104 e. The van der Waals surface area contributed by atoms with Crippen LogP contribution in [0.3, 0.4) is 0 Å². The van der Waals surface area contributed by atoms with Crippen molar-refractivity contribution in [3.05, 3.63) is 12.7 Å². The molecule has 0 aliphatic rings. The number of rotatable bonds is 1. The van der Waals surface area contributed by atoms with Crippen molar-refractivity contribution < 1.29 is 0 Å². The van der Waals surface area contributed by atoms with Crippen molar-refractivity contribution in [1.82, 2.24) is 5.43 Å². The molecule has 0 aromatic rings. The summed E-state index contributed by atoms with van der Waals surface area (Å²) < 4.78 is 0. The van der Waals surface area contributed by atoms with E-state index >= 15 is 0 Å². The first kappa shape index (κ1) is 9.80. The molecule has 7 heavy (non-hydrogen) atoms. The maximum atomic E-state index is 4.91. The molecular weight excluding hydrogens is 90.1 g/mol. The number of nitrogens with two attached hydrogens (primary N) is 2. The van der Waals surface area contributed by atoms with Crippen molar-refractivity contribution in [2.75, 3.05) is 13.6 Å². The summed E-state index contributed by atoms with van der Waals surface area (Å²) in [6, 6.07) is 0. The molecular formula is C4H13N3. The number of nitrogens with one attached hydrogen (secondary N) is 1. The van der Waals surface area contributed by atoms with Crippen LogP contribution >= 0.6 is 0 Å². The van der Waals surface area contributed by atoms with E-state index in [9.17, 15) is 0 Å². The van der Waals surface area contributed by atoms with Gasteiger partial charge in [-0.1, -0.05) is 6.08 Å². The lowest BCUT2D eigenvalue weighted by Gasteiger charge is -1.62. The van der Waals surface area contributed by atoms with E-state index in [0.29, 0.717) is 6.54 Å². The highest BCUT2D eigenvalue weighted by molar-refractivity contribution is 4.64. The van der Waals surface area contributed by atoms with Gasteiger partial charge in [-0.05, 0) is 7.05 Å². The molecule has 0 atom stereocenters. The van der Waals surface area contributed by atoms with Gasteiger partial charge in [0.25, 0.3) is 0 Å². The molecule has 3 nitrogen and oxygen atoms in total. The summed E-state index contributed by atoms with van der Waals surface area (Å²) >= 11 is 0. The lowest BCUT2D eigenvalue weighted by molar-refractivity contribution is 0.900. The number of hydrogen-bond acceptors (Lipinski definition) is 3. The molecule has 0 amide bonds. The monoisotopic (exact) mass is 103 g/mol. The highest BCUT2D eigenvalue weighted by Crippen LogP contribution is 1.40. The SMILES string of the molecule is C=CCN.CNN. The van der Waals surface area contributed by atoms with E-state index < -0.39 is 0 Å². The van der Waals surface area contributed by atoms with E-state index in [0.717, 1.165) is 0 Å². The molecule has 0 saturated heterocycles. The van der Waals surface area contributed by atoms with Gasteiger partial charge >= 0.3 is 0 Å². The van der Waals surface area contributed by atoms with Crippen LogP contribution in [0, 0.1) is 0 Å². The zero-order chi connectivity index (χ0) is 6.12. The highest BCUT2D eigenvalue weighted by Gasteiger charge is 1.43. The molecule has 0 aliphatic heterocycles. The fraction of sp³-hybridized carbons (Fsp3) is 0.500. The van der Waals surface area contributed by atoms with Gasteiger partial charge in [-0.15, -0.1) is 6.58 Å². The minimum atomic E-state index is 0.583. The molecule has 0 saturated carbocycles. The second-order valence-electron chi connectivity index (χ2n) is 0.813. The summed E-state index contributed by atoms with van der Waals surface area (Å²) in [5.41, 5.74) is 7.16. The Morgan fingerprint density at radius 3 is 2.00 bits per heavy atom. The quantitative estimate of drug-likeness (QED) is 0.231. The third-order valence-electron chi connectivity index (χ3n) is 0.167. The van der Waals surface area contributed by atoms with Gasteiger partial charge in [0.05, 0.1) is 0 Å². The van der Waals surface area contributed by atoms with Crippen LogP contribution in [0.4, 0.5) is 0 Å². The molecule has 3 heteroatoms. The normalized spacial score (nSPS) is 6.14. The topological polar surface area (TPSA) is 64.1 Å². The van der Waals surface area contributed by atoms with Gasteiger partial charge in [0.2, 0.25) is 0 Å². The summed E-state index contributed by atoms with van der Waals surface area (Å²) in [6.07, 6.45) is 1.65. The predicted molar refractivity (Wildman–Crippen MR) is 32.5 cm³/mol. The Morgan fingerprint density at radius 2 is 2.00 bits per heavy atom. The number of hydrazine groups is 1. The summed E-state index contributed by atoms with van der Waals surface area (Å²) in [7, 11) is 1.65. The van der Waals surface area contributed by atoms with Crippen molar-refractivity contribution in [2.24, 2.45) is 11.6 Å². The van der Waals surface area contributed by atoms with Crippen LogP contribution < -0.4 is 17.0 Å². The van der Waals surface area contributed by atoms with Crippen molar-refractivity contribution in [3.8, 4) is 0 Å². The fourth-order valence-electron chi connectivity index (χ4n) is 0. The van der Waals surface area contributed by atoms with Gasteiger partial charge in [0, 0.05) is 6.54 Å². The van der Waals surface area contributed by atoms with Crippen molar-refractivity contribution in [2.45, 2.75) is 0 Å². The van der Waals surface area contributed by atoms with E-state index in [4.69, 9.17) is 5.73 Å². The largest absolute Gasteiger partial charge is 0.327 e.